The van der Waals surface area contributed by atoms with Gasteiger partial charge in [0.1, 0.15) is 8.98 Å². The lowest BCUT2D eigenvalue weighted by molar-refractivity contribution is -0.138. The molecule has 0 saturated carbocycles. The molecule has 9 heteroatoms. The van der Waals surface area contributed by atoms with E-state index < -0.39 is 15.6 Å². The fourth-order valence-corrected chi connectivity index (χ4v) is 9.42. The Kier molecular flexibility index (Phi) is 7.77. The number of nitrogens with zero attached hydrogens (tertiary/aromatic N) is 1. The number of hydrogen-bond acceptors (Lipinski definition) is 8. The van der Waals surface area contributed by atoms with Crippen LogP contribution in [0.5, 0.6) is 0 Å². The fourth-order valence-electron chi connectivity index (χ4n) is 5.03. The van der Waals surface area contributed by atoms with Crippen LogP contribution in [-0.4, -0.2) is 40.7 Å². The van der Waals surface area contributed by atoms with Crippen molar-refractivity contribution in [3.8, 4) is 0 Å². The first kappa shape index (κ1) is 27.7. The first-order valence-electron chi connectivity index (χ1n) is 12.8. The van der Waals surface area contributed by atoms with Gasteiger partial charge in [0.2, 0.25) is 5.91 Å². The molecule has 3 aliphatic rings. The van der Waals surface area contributed by atoms with Crippen LogP contribution >= 0.6 is 35.3 Å². The minimum absolute atomic E-state index is 0.0378. The van der Waals surface area contributed by atoms with E-state index in [4.69, 9.17) is 9.47 Å². The molecule has 0 aliphatic carbocycles. The summed E-state index contributed by atoms with van der Waals surface area (Å²) in [5, 5.41) is 1.81. The van der Waals surface area contributed by atoms with Gasteiger partial charge in [-0.15, -0.1) is 11.8 Å². The molecule has 6 nitrogen and oxygen atoms in total. The van der Waals surface area contributed by atoms with Gasteiger partial charge in [-0.3, -0.25) is 4.79 Å². The van der Waals surface area contributed by atoms with Crippen molar-refractivity contribution in [1.29, 1.82) is 0 Å². The molecule has 3 heterocycles. The molecule has 0 aromatic heterocycles. The Bertz CT molecular complexity index is 1430. The number of thioether (sulfide) groups is 3. The summed E-state index contributed by atoms with van der Waals surface area (Å²) in [6, 6.07) is 17.6. The maximum atomic E-state index is 14.0. The van der Waals surface area contributed by atoms with E-state index in [1.54, 1.807) is 13.8 Å². The number of hydrogen-bond donors (Lipinski definition) is 0. The van der Waals surface area contributed by atoms with E-state index in [-0.39, 0.29) is 31.5 Å². The van der Waals surface area contributed by atoms with Gasteiger partial charge in [0.05, 0.1) is 35.8 Å². The molecular formula is C30H29NO5S3. The van der Waals surface area contributed by atoms with E-state index >= 15 is 0 Å². The summed E-state index contributed by atoms with van der Waals surface area (Å²) in [4.78, 5) is 43.5. The third kappa shape index (κ3) is 4.96. The van der Waals surface area contributed by atoms with Crippen LogP contribution in [0, 0.1) is 0 Å². The van der Waals surface area contributed by atoms with Crippen molar-refractivity contribution in [2.45, 2.75) is 43.7 Å². The van der Waals surface area contributed by atoms with Crippen molar-refractivity contribution in [3.63, 3.8) is 0 Å². The third-order valence-corrected chi connectivity index (χ3v) is 10.9. The van der Waals surface area contributed by atoms with Crippen LogP contribution in [-0.2, 0) is 30.3 Å². The Hall–Kier alpha value is -2.88. The van der Waals surface area contributed by atoms with E-state index in [9.17, 15) is 14.4 Å². The highest BCUT2D eigenvalue weighted by molar-refractivity contribution is 8.25. The molecule has 2 aromatic rings. The number of amides is 1. The monoisotopic (exact) mass is 579 g/mol. The Morgan fingerprint density at radius 1 is 0.872 bits per heavy atom. The van der Waals surface area contributed by atoms with Gasteiger partial charge in [-0.1, -0.05) is 72.1 Å². The zero-order chi connectivity index (χ0) is 27.8. The fraction of sp³-hybridized carbons (Fsp3) is 0.300. The van der Waals surface area contributed by atoms with Crippen LogP contribution in [0.15, 0.2) is 80.8 Å². The van der Waals surface area contributed by atoms with Crippen LogP contribution in [0.4, 0.5) is 5.69 Å². The number of rotatable bonds is 6. The highest BCUT2D eigenvalue weighted by Crippen LogP contribution is 2.66. The number of benzene rings is 2. The minimum Gasteiger partial charge on any atom is -0.462 e. The second kappa shape index (κ2) is 10.9. The highest BCUT2D eigenvalue weighted by Gasteiger charge is 2.53. The first-order chi connectivity index (χ1) is 18.7. The van der Waals surface area contributed by atoms with Crippen molar-refractivity contribution >= 4 is 64.4 Å². The van der Waals surface area contributed by atoms with Crippen LogP contribution < -0.4 is 4.90 Å². The van der Waals surface area contributed by atoms with Crippen molar-refractivity contribution in [1.82, 2.24) is 0 Å². The van der Waals surface area contributed by atoms with E-state index in [0.717, 1.165) is 27.3 Å². The van der Waals surface area contributed by atoms with Crippen molar-refractivity contribution < 1.29 is 23.9 Å². The summed E-state index contributed by atoms with van der Waals surface area (Å²) in [7, 11) is 0. The topological polar surface area (TPSA) is 72.9 Å². The van der Waals surface area contributed by atoms with Gasteiger partial charge < -0.3 is 14.4 Å². The van der Waals surface area contributed by atoms with Gasteiger partial charge in [0.25, 0.3) is 0 Å². The average molecular weight is 580 g/mol. The van der Waals surface area contributed by atoms with Crippen molar-refractivity contribution in [2.75, 3.05) is 18.1 Å². The standard InChI is InChI=1S/C30H29NO5S3/c1-5-35-27(33)22-17-30(37-18-23(39-30)28(34)36-6-2)25-20-14-10-11-15-21(20)31(29(3,4)26(25)38-22)24(32)16-19-12-8-7-9-13-19/h7-15,17-18H,5-6,16H2,1-4H3. The van der Waals surface area contributed by atoms with E-state index in [1.807, 2.05) is 84.8 Å². The molecule has 202 valence electrons. The second-order valence-corrected chi connectivity index (χ2v) is 13.3. The minimum atomic E-state index is -0.799. The van der Waals surface area contributed by atoms with Crippen LogP contribution in [0.25, 0.3) is 5.57 Å². The molecule has 1 amide bonds. The zero-order valence-corrected chi connectivity index (χ0v) is 24.6. The maximum Gasteiger partial charge on any atom is 0.345 e. The van der Waals surface area contributed by atoms with E-state index in [0.29, 0.717) is 9.81 Å². The van der Waals surface area contributed by atoms with E-state index in [1.165, 1.54) is 35.3 Å². The summed E-state index contributed by atoms with van der Waals surface area (Å²) in [6.07, 6.45) is 2.15. The molecule has 39 heavy (non-hydrogen) atoms. The summed E-state index contributed by atoms with van der Waals surface area (Å²) >= 11 is 4.19. The first-order valence-corrected chi connectivity index (χ1v) is 15.3. The van der Waals surface area contributed by atoms with E-state index in [2.05, 4.69) is 0 Å². The predicted octanol–water partition coefficient (Wildman–Crippen LogP) is 6.54. The molecule has 0 N–H and O–H groups in total. The Labute approximate surface area is 241 Å². The Balaban J connectivity index is 1.65. The summed E-state index contributed by atoms with van der Waals surface area (Å²) in [5.74, 6) is -0.846. The molecule has 1 unspecified atom stereocenters. The Morgan fingerprint density at radius 3 is 2.21 bits per heavy atom. The summed E-state index contributed by atoms with van der Waals surface area (Å²) in [6.45, 7) is 8.10. The van der Waals surface area contributed by atoms with Gasteiger partial charge in [0.15, 0.2) is 0 Å². The van der Waals surface area contributed by atoms with Gasteiger partial charge >= 0.3 is 11.9 Å². The third-order valence-electron chi connectivity index (χ3n) is 6.64. The summed E-state index contributed by atoms with van der Waals surface area (Å²) in [5.41, 5.74) is 2.84. The number of anilines is 1. The number of para-hydroxylation sites is 1. The molecule has 0 radical (unpaired) electrons. The lowest BCUT2D eigenvalue weighted by Gasteiger charge is -2.49. The normalized spacial score (nSPS) is 21.1. The smallest absolute Gasteiger partial charge is 0.345 e. The summed E-state index contributed by atoms with van der Waals surface area (Å²) < 4.78 is 9.91. The average Bonchev–Trinajstić information content (AvgIpc) is 3.33. The van der Waals surface area contributed by atoms with Gasteiger partial charge in [-0.2, -0.15) is 0 Å². The lowest BCUT2D eigenvalue weighted by atomic mass is 9.85. The highest BCUT2D eigenvalue weighted by atomic mass is 32.2. The maximum absolute atomic E-state index is 14.0. The molecule has 0 bridgehead atoms. The molecule has 1 atom stereocenters. The van der Waals surface area contributed by atoms with Gasteiger partial charge in [-0.25, -0.2) is 9.59 Å². The number of carbonyl (C=O) groups excluding carboxylic acids is 3. The number of carbonyl (C=O) groups is 3. The second-order valence-electron chi connectivity index (χ2n) is 9.59. The van der Waals surface area contributed by atoms with Crippen LogP contribution in [0.2, 0.25) is 0 Å². The van der Waals surface area contributed by atoms with Crippen molar-refractivity contribution in [2.24, 2.45) is 0 Å². The molecule has 0 saturated heterocycles. The number of esters is 2. The molecule has 5 rings (SSSR count). The number of ether oxygens (including phenoxy) is 2. The molecule has 1 spiro atoms. The van der Waals surface area contributed by atoms with Gasteiger partial charge in [0, 0.05) is 16.0 Å². The van der Waals surface area contributed by atoms with Gasteiger partial charge in [-0.05, 0) is 50.8 Å². The lowest BCUT2D eigenvalue weighted by Crippen LogP contribution is -2.53. The van der Waals surface area contributed by atoms with Crippen molar-refractivity contribution in [3.05, 3.63) is 91.9 Å². The molecule has 2 aromatic carbocycles. The van der Waals surface area contributed by atoms with Crippen LogP contribution in [0.3, 0.4) is 0 Å². The molecular weight excluding hydrogens is 551 g/mol. The quantitative estimate of drug-likeness (QED) is 0.357. The Morgan fingerprint density at radius 2 is 1.51 bits per heavy atom. The number of fused-ring (bicyclic) bond motifs is 3. The predicted molar refractivity (Wildman–Crippen MR) is 160 cm³/mol. The largest absolute Gasteiger partial charge is 0.462 e. The SMILES string of the molecule is CCOC(=O)C1=CC2(SC=C(C(=O)OCC)S2)C2=C(S1)C(C)(C)N(C(=O)Cc1ccccc1)c1ccccc12. The molecule has 3 aliphatic heterocycles. The van der Waals surface area contributed by atoms with Crippen LogP contribution in [0.1, 0.15) is 38.8 Å². The molecule has 0 fully saturated rings. The zero-order valence-electron chi connectivity index (χ0n) is 22.2.